The first-order valence-electron chi connectivity index (χ1n) is 8.29. The molecule has 0 saturated carbocycles. The van der Waals surface area contributed by atoms with Gasteiger partial charge in [-0.3, -0.25) is 9.78 Å². The molecule has 5 heteroatoms. The Bertz CT molecular complexity index is 857. The summed E-state index contributed by atoms with van der Waals surface area (Å²) in [4.78, 5) is 16.8. The molecule has 0 unspecified atom stereocenters. The summed E-state index contributed by atoms with van der Waals surface area (Å²) < 4.78 is 10.9. The minimum absolute atomic E-state index is 0.0894. The number of carbonyl (C=O) groups is 1. The molecule has 0 spiro atoms. The number of hydrogen-bond acceptors (Lipinski definition) is 4. The Kier molecular flexibility index (Phi) is 4.21. The first-order valence-corrected chi connectivity index (χ1v) is 8.29. The fourth-order valence-corrected chi connectivity index (χ4v) is 2.92. The van der Waals surface area contributed by atoms with Gasteiger partial charge in [-0.25, -0.2) is 0 Å². The van der Waals surface area contributed by atoms with Gasteiger partial charge in [-0.1, -0.05) is 24.3 Å². The predicted octanol–water partition coefficient (Wildman–Crippen LogP) is 3.35. The maximum absolute atomic E-state index is 12.4. The van der Waals surface area contributed by atoms with E-state index < -0.39 is 6.10 Å². The van der Waals surface area contributed by atoms with Crippen molar-refractivity contribution in [3.8, 4) is 17.0 Å². The van der Waals surface area contributed by atoms with E-state index in [0.717, 1.165) is 34.6 Å². The second-order valence-electron chi connectivity index (χ2n) is 6.03. The molecule has 0 radical (unpaired) electrons. The molecule has 0 bridgehead atoms. The molecule has 1 aliphatic heterocycles. The molecule has 1 amide bonds. The second-order valence-corrected chi connectivity index (χ2v) is 6.03. The van der Waals surface area contributed by atoms with Crippen molar-refractivity contribution in [3.63, 3.8) is 0 Å². The first-order chi connectivity index (χ1) is 12.3. The maximum atomic E-state index is 12.4. The number of rotatable bonds is 4. The van der Waals surface area contributed by atoms with Crippen molar-refractivity contribution in [1.82, 2.24) is 10.3 Å². The number of amides is 1. The van der Waals surface area contributed by atoms with Gasteiger partial charge in [0.1, 0.15) is 5.75 Å². The van der Waals surface area contributed by atoms with Crippen LogP contribution in [0.4, 0.5) is 0 Å². The lowest BCUT2D eigenvalue weighted by Gasteiger charge is -2.25. The SMILES string of the molecule is O=C(NCc1ccc(-c2ccoc2)nc1)[C@@H]1CCc2ccccc2O1. The lowest BCUT2D eigenvalue weighted by Crippen LogP contribution is -2.40. The number of benzene rings is 1. The topological polar surface area (TPSA) is 64.4 Å². The zero-order valence-corrected chi connectivity index (χ0v) is 13.6. The highest BCUT2D eigenvalue weighted by molar-refractivity contribution is 5.81. The second kappa shape index (κ2) is 6.81. The molecule has 126 valence electrons. The van der Waals surface area contributed by atoms with Gasteiger partial charge in [0.25, 0.3) is 5.91 Å². The Labute approximate surface area is 145 Å². The van der Waals surface area contributed by atoms with Crippen LogP contribution >= 0.6 is 0 Å². The molecule has 0 saturated heterocycles. The van der Waals surface area contributed by atoms with Crippen molar-refractivity contribution in [2.75, 3.05) is 0 Å². The fourth-order valence-electron chi connectivity index (χ4n) is 2.92. The zero-order valence-electron chi connectivity index (χ0n) is 13.6. The normalized spacial score (nSPS) is 15.9. The summed E-state index contributed by atoms with van der Waals surface area (Å²) in [6.07, 6.45) is 6.15. The van der Waals surface area contributed by atoms with Gasteiger partial charge < -0.3 is 14.5 Å². The average molecular weight is 334 g/mol. The van der Waals surface area contributed by atoms with Gasteiger partial charge in [0.15, 0.2) is 6.10 Å². The van der Waals surface area contributed by atoms with Crippen LogP contribution in [0, 0.1) is 0 Å². The number of ether oxygens (including phenoxy) is 1. The van der Waals surface area contributed by atoms with Crippen molar-refractivity contribution < 1.29 is 13.9 Å². The van der Waals surface area contributed by atoms with Crippen LogP contribution in [0.2, 0.25) is 0 Å². The molecule has 1 N–H and O–H groups in total. The molecular weight excluding hydrogens is 316 g/mol. The number of nitrogens with zero attached hydrogens (tertiary/aromatic N) is 1. The van der Waals surface area contributed by atoms with E-state index in [2.05, 4.69) is 10.3 Å². The lowest BCUT2D eigenvalue weighted by molar-refractivity contribution is -0.128. The van der Waals surface area contributed by atoms with E-state index in [1.54, 1.807) is 18.7 Å². The summed E-state index contributed by atoms with van der Waals surface area (Å²) >= 11 is 0. The molecule has 0 fully saturated rings. The third-order valence-electron chi connectivity index (χ3n) is 4.32. The van der Waals surface area contributed by atoms with E-state index in [1.165, 1.54) is 0 Å². The van der Waals surface area contributed by atoms with E-state index in [-0.39, 0.29) is 5.91 Å². The largest absolute Gasteiger partial charge is 0.480 e. The molecule has 1 aliphatic rings. The van der Waals surface area contributed by atoms with Crippen molar-refractivity contribution in [2.24, 2.45) is 0 Å². The summed E-state index contributed by atoms with van der Waals surface area (Å²) in [6.45, 7) is 0.430. The third-order valence-corrected chi connectivity index (χ3v) is 4.32. The number of pyridine rings is 1. The van der Waals surface area contributed by atoms with Crippen molar-refractivity contribution >= 4 is 5.91 Å². The van der Waals surface area contributed by atoms with Gasteiger partial charge in [-0.05, 0) is 42.2 Å². The molecule has 4 rings (SSSR count). The van der Waals surface area contributed by atoms with Crippen LogP contribution in [-0.4, -0.2) is 17.0 Å². The zero-order chi connectivity index (χ0) is 17.1. The summed E-state index contributed by atoms with van der Waals surface area (Å²) in [7, 11) is 0. The predicted molar refractivity (Wildman–Crippen MR) is 93.0 cm³/mol. The minimum Gasteiger partial charge on any atom is -0.480 e. The van der Waals surface area contributed by atoms with Crippen molar-refractivity contribution in [2.45, 2.75) is 25.5 Å². The standard InChI is InChI=1S/C20H18N2O3/c23-20(19-8-6-15-3-1-2-4-18(15)25-19)22-12-14-5-7-17(21-11-14)16-9-10-24-13-16/h1-5,7,9-11,13,19H,6,8,12H2,(H,22,23)/t19-/m0/s1. The maximum Gasteiger partial charge on any atom is 0.261 e. The van der Waals surface area contributed by atoms with E-state index in [0.29, 0.717) is 13.0 Å². The Morgan fingerprint density at radius 1 is 1.20 bits per heavy atom. The van der Waals surface area contributed by atoms with E-state index >= 15 is 0 Å². The summed E-state index contributed by atoms with van der Waals surface area (Å²) in [5.41, 5.74) is 3.88. The quantitative estimate of drug-likeness (QED) is 0.795. The van der Waals surface area contributed by atoms with Gasteiger partial charge in [0.05, 0.1) is 18.2 Å². The molecule has 5 nitrogen and oxygen atoms in total. The van der Waals surface area contributed by atoms with Crippen molar-refractivity contribution in [1.29, 1.82) is 0 Å². The Hall–Kier alpha value is -3.08. The summed E-state index contributed by atoms with van der Waals surface area (Å²) in [6, 6.07) is 13.6. The summed E-state index contributed by atoms with van der Waals surface area (Å²) in [5.74, 6) is 0.716. The first kappa shape index (κ1) is 15.4. The van der Waals surface area contributed by atoms with Gasteiger partial charge in [0, 0.05) is 18.3 Å². The molecule has 0 aliphatic carbocycles. The van der Waals surface area contributed by atoms with Gasteiger partial charge in [-0.15, -0.1) is 0 Å². The van der Waals surface area contributed by atoms with E-state index in [9.17, 15) is 4.79 Å². The Morgan fingerprint density at radius 3 is 2.92 bits per heavy atom. The van der Waals surface area contributed by atoms with Crippen LogP contribution in [0.25, 0.3) is 11.3 Å². The van der Waals surface area contributed by atoms with Gasteiger partial charge in [0.2, 0.25) is 0 Å². The highest BCUT2D eigenvalue weighted by atomic mass is 16.5. The van der Waals surface area contributed by atoms with Crippen LogP contribution in [-0.2, 0) is 17.8 Å². The molecule has 3 aromatic rings. The number of aryl methyl sites for hydroxylation is 1. The molecule has 1 aromatic carbocycles. The molecule has 3 heterocycles. The number of fused-ring (bicyclic) bond motifs is 1. The monoisotopic (exact) mass is 334 g/mol. The van der Waals surface area contributed by atoms with Crippen LogP contribution in [0.5, 0.6) is 5.75 Å². The number of para-hydroxylation sites is 1. The summed E-state index contributed by atoms with van der Waals surface area (Å²) in [5, 5.41) is 2.93. The van der Waals surface area contributed by atoms with E-state index in [1.807, 2.05) is 42.5 Å². The molecule has 2 aromatic heterocycles. The highest BCUT2D eigenvalue weighted by Gasteiger charge is 2.25. The van der Waals surface area contributed by atoms with E-state index in [4.69, 9.17) is 9.15 Å². The third kappa shape index (κ3) is 3.40. The number of furan rings is 1. The van der Waals surface area contributed by atoms with Gasteiger partial charge in [-0.2, -0.15) is 0 Å². The van der Waals surface area contributed by atoms with Crippen LogP contribution in [0.1, 0.15) is 17.5 Å². The fraction of sp³-hybridized carbons (Fsp3) is 0.200. The minimum atomic E-state index is -0.437. The number of hydrogen-bond donors (Lipinski definition) is 1. The molecule has 1 atom stereocenters. The lowest BCUT2D eigenvalue weighted by atomic mass is 10.0. The molecule has 25 heavy (non-hydrogen) atoms. The van der Waals surface area contributed by atoms with Crippen LogP contribution in [0.15, 0.2) is 65.6 Å². The Morgan fingerprint density at radius 2 is 2.12 bits per heavy atom. The number of nitrogens with one attached hydrogen (secondary N) is 1. The Balaban J connectivity index is 1.35. The van der Waals surface area contributed by atoms with Crippen LogP contribution < -0.4 is 10.1 Å². The van der Waals surface area contributed by atoms with Gasteiger partial charge >= 0.3 is 0 Å². The highest BCUT2D eigenvalue weighted by Crippen LogP contribution is 2.27. The number of carbonyl (C=O) groups excluding carboxylic acids is 1. The number of aromatic nitrogens is 1. The smallest absolute Gasteiger partial charge is 0.261 e. The molecular formula is C20H18N2O3. The van der Waals surface area contributed by atoms with Crippen molar-refractivity contribution in [3.05, 3.63) is 72.3 Å². The average Bonchev–Trinajstić information content (AvgIpc) is 3.21. The van der Waals surface area contributed by atoms with Crippen LogP contribution in [0.3, 0.4) is 0 Å².